The third-order valence-corrected chi connectivity index (χ3v) is 4.27. The van der Waals surface area contributed by atoms with Gasteiger partial charge >= 0.3 is 6.03 Å². The van der Waals surface area contributed by atoms with Gasteiger partial charge in [-0.05, 0) is 23.8 Å². The highest BCUT2D eigenvalue weighted by atomic mass is 19.1. The Kier molecular flexibility index (Phi) is 7.23. The van der Waals surface area contributed by atoms with E-state index in [1.807, 2.05) is 24.3 Å². The number of nitrogens with zero attached hydrogens (tertiary/aromatic N) is 1. The number of methoxy groups -OCH3 is 1. The molecule has 0 unspecified atom stereocenters. The summed E-state index contributed by atoms with van der Waals surface area (Å²) in [4.78, 5) is 12.4. The Labute approximate surface area is 173 Å². The van der Waals surface area contributed by atoms with Crippen molar-refractivity contribution in [2.24, 2.45) is 0 Å². The lowest BCUT2D eigenvalue weighted by Crippen LogP contribution is -2.28. The lowest BCUT2D eigenvalue weighted by Gasteiger charge is -2.15. The Morgan fingerprint density at radius 1 is 1.30 bits per heavy atom. The van der Waals surface area contributed by atoms with E-state index in [1.54, 1.807) is 13.3 Å². The van der Waals surface area contributed by atoms with Gasteiger partial charge in [0, 0.05) is 43.0 Å². The summed E-state index contributed by atoms with van der Waals surface area (Å²) in [7, 11) is 1.57. The largest absolute Gasteiger partial charge is 0.497 e. The number of aliphatic hydroxyl groups excluding tert-OH is 1. The van der Waals surface area contributed by atoms with Gasteiger partial charge in [-0.2, -0.15) is 5.10 Å². The number of urea groups is 1. The number of carbonyl (C=O) groups excluding carboxylic acids is 1. The number of aromatic nitrogens is 2. The van der Waals surface area contributed by atoms with E-state index in [0.29, 0.717) is 17.7 Å². The summed E-state index contributed by atoms with van der Waals surface area (Å²) in [5, 5.41) is 20.8. The molecule has 3 rings (SSSR count). The highest BCUT2D eigenvalue weighted by Crippen LogP contribution is 2.33. The first-order valence-corrected chi connectivity index (χ1v) is 9.35. The van der Waals surface area contributed by atoms with Crippen molar-refractivity contribution in [3.8, 4) is 22.6 Å². The Morgan fingerprint density at radius 2 is 2.17 bits per heavy atom. The molecule has 2 amide bonds. The van der Waals surface area contributed by atoms with E-state index in [0.717, 1.165) is 5.56 Å². The summed E-state index contributed by atoms with van der Waals surface area (Å²) in [6.07, 6.45) is 3.45. The third kappa shape index (κ3) is 5.48. The summed E-state index contributed by atoms with van der Waals surface area (Å²) in [6, 6.07) is 9.47. The molecule has 8 nitrogen and oxygen atoms in total. The van der Waals surface area contributed by atoms with Crippen LogP contribution in [0, 0.1) is 5.82 Å². The maximum absolute atomic E-state index is 14.6. The Bertz CT molecular complexity index is 979. The molecule has 0 saturated carbocycles. The van der Waals surface area contributed by atoms with Crippen LogP contribution in [0.4, 0.5) is 14.9 Å². The molecule has 158 valence electrons. The molecule has 0 radical (unpaired) electrons. The topological polar surface area (TPSA) is 108 Å². The molecule has 0 atom stereocenters. The fourth-order valence-electron chi connectivity index (χ4n) is 2.77. The lowest BCUT2D eigenvalue weighted by molar-refractivity contribution is 0.233. The van der Waals surface area contributed by atoms with E-state index >= 15 is 0 Å². The van der Waals surface area contributed by atoms with Crippen LogP contribution in [0.3, 0.4) is 0 Å². The molecule has 9 heteroatoms. The summed E-state index contributed by atoms with van der Waals surface area (Å²) in [5.74, 6) is 0.442. The monoisotopic (exact) mass is 414 g/mol. The summed E-state index contributed by atoms with van der Waals surface area (Å²) in [6.45, 7) is 0.436. The van der Waals surface area contributed by atoms with Crippen LogP contribution >= 0.6 is 0 Å². The number of benzene rings is 2. The maximum atomic E-state index is 14.6. The van der Waals surface area contributed by atoms with Gasteiger partial charge in [0.05, 0.1) is 25.6 Å². The van der Waals surface area contributed by atoms with Gasteiger partial charge in [0.2, 0.25) is 0 Å². The number of H-pyrrole nitrogens is 1. The van der Waals surface area contributed by atoms with Crippen LogP contribution in [0.5, 0.6) is 11.5 Å². The molecule has 0 aliphatic heterocycles. The zero-order chi connectivity index (χ0) is 21.3. The van der Waals surface area contributed by atoms with Gasteiger partial charge in [0.15, 0.2) is 0 Å². The molecule has 0 bridgehead atoms. The number of hydrogen-bond acceptors (Lipinski definition) is 5. The van der Waals surface area contributed by atoms with Crippen molar-refractivity contribution in [2.45, 2.75) is 13.0 Å². The number of ether oxygens (including phenoxy) is 2. The third-order valence-electron chi connectivity index (χ3n) is 4.27. The second-order valence-corrected chi connectivity index (χ2v) is 6.40. The first-order valence-electron chi connectivity index (χ1n) is 9.35. The van der Waals surface area contributed by atoms with E-state index < -0.39 is 11.8 Å². The highest BCUT2D eigenvalue weighted by Gasteiger charge is 2.15. The Hall–Kier alpha value is -3.59. The number of carbonyl (C=O) groups is 1. The minimum Gasteiger partial charge on any atom is -0.497 e. The van der Waals surface area contributed by atoms with Crippen molar-refractivity contribution in [1.82, 2.24) is 15.5 Å². The van der Waals surface area contributed by atoms with Crippen molar-refractivity contribution in [3.63, 3.8) is 0 Å². The molecule has 2 aromatic carbocycles. The number of aliphatic hydroxyl groups is 1. The van der Waals surface area contributed by atoms with Gasteiger partial charge in [-0.1, -0.05) is 12.1 Å². The minimum atomic E-state index is -0.533. The number of nitrogens with one attached hydrogen (secondary N) is 3. The van der Waals surface area contributed by atoms with Crippen LogP contribution in [0.25, 0.3) is 11.1 Å². The van der Waals surface area contributed by atoms with Crippen molar-refractivity contribution in [1.29, 1.82) is 0 Å². The van der Waals surface area contributed by atoms with Crippen LogP contribution in [0.1, 0.15) is 12.0 Å². The van der Waals surface area contributed by atoms with E-state index in [1.165, 1.54) is 18.3 Å². The van der Waals surface area contributed by atoms with Crippen molar-refractivity contribution in [2.75, 3.05) is 25.6 Å². The molecule has 30 heavy (non-hydrogen) atoms. The predicted molar refractivity (Wildman–Crippen MR) is 110 cm³/mol. The van der Waals surface area contributed by atoms with Crippen LogP contribution in [0.15, 0.2) is 48.8 Å². The molecule has 1 aromatic heterocycles. The fourth-order valence-corrected chi connectivity index (χ4v) is 2.77. The molecule has 3 aromatic rings. The van der Waals surface area contributed by atoms with E-state index in [-0.39, 0.29) is 36.8 Å². The van der Waals surface area contributed by atoms with Gasteiger partial charge in [-0.3, -0.25) is 5.10 Å². The maximum Gasteiger partial charge on any atom is 0.319 e. The van der Waals surface area contributed by atoms with Gasteiger partial charge < -0.3 is 25.2 Å². The Balaban J connectivity index is 1.74. The van der Waals surface area contributed by atoms with Crippen LogP contribution in [-0.4, -0.2) is 41.7 Å². The van der Waals surface area contributed by atoms with Gasteiger partial charge in [0.1, 0.15) is 17.3 Å². The first-order chi connectivity index (χ1) is 14.6. The number of aromatic amines is 1. The molecule has 1 heterocycles. The molecule has 0 aliphatic carbocycles. The molecular formula is C21H23FN4O4. The molecule has 4 N–H and O–H groups in total. The van der Waals surface area contributed by atoms with Crippen LogP contribution < -0.4 is 20.1 Å². The van der Waals surface area contributed by atoms with Gasteiger partial charge in [-0.15, -0.1) is 0 Å². The zero-order valence-corrected chi connectivity index (χ0v) is 16.4. The number of hydrogen-bond donors (Lipinski definition) is 4. The molecule has 0 spiro atoms. The SMILES string of the molecule is COc1cccc(CNC(=O)Nc2cc(F)c(-c3cn[nH]c3)cc2OCCCO)c1. The normalized spacial score (nSPS) is 10.5. The molecule has 0 aliphatic rings. The van der Waals surface area contributed by atoms with E-state index in [2.05, 4.69) is 20.8 Å². The van der Waals surface area contributed by atoms with E-state index in [4.69, 9.17) is 14.6 Å². The standard InChI is InChI=1S/C21H23FN4O4/c1-29-16-5-2-4-14(8-16)11-23-21(28)26-19-10-18(22)17(15-12-24-25-13-15)9-20(19)30-7-3-6-27/h2,4-5,8-10,12-13,27H,3,6-7,11H2,1H3,(H,24,25)(H2,23,26,28). The van der Waals surface area contributed by atoms with Crippen molar-refractivity contribution in [3.05, 3.63) is 60.2 Å². The number of amides is 2. The predicted octanol–water partition coefficient (Wildman–Crippen LogP) is 3.31. The molecule has 0 saturated heterocycles. The van der Waals surface area contributed by atoms with Crippen molar-refractivity contribution < 1.29 is 23.8 Å². The molecule has 0 fully saturated rings. The average Bonchev–Trinajstić information content (AvgIpc) is 3.28. The average molecular weight is 414 g/mol. The van der Waals surface area contributed by atoms with Crippen molar-refractivity contribution >= 4 is 11.7 Å². The quantitative estimate of drug-likeness (QED) is 0.402. The molecular weight excluding hydrogens is 391 g/mol. The number of anilines is 1. The second-order valence-electron chi connectivity index (χ2n) is 6.40. The van der Waals surface area contributed by atoms with Gasteiger partial charge in [-0.25, -0.2) is 9.18 Å². The second kappa shape index (κ2) is 10.3. The smallest absolute Gasteiger partial charge is 0.319 e. The van der Waals surface area contributed by atoms with E-state index in [9.17, 15) is 9.18 Å². The number of halogens is 1. The summed E-state index contributed by atoms with van der Waals surface area (Å²) >= 11 is 0. The first kappa shape index (κ1) is 21.1. The Morgan fingerprint density at radius 3 is 2.90 bits per heavy atom. The minimum absolute atomic E-state index is 0.0421. The summed E-state index contributed by atoms with van der Waals surface area (Å²) < 4.78 is 25.5. The fraction of sp³-hybridized carbons (Fsp3) is 0.238. The zero-order valence-electron chi connectivity index (χ0n) is 16.4. The highest BCUT2D eigenvalue weighted by molar-refractivity contribution is 5.91. The van der Waals surface area contributed by atoms with Crippen LogP contribution in [0.2, 0.25) is 0 Å². The van der Waals surface area contributed by atoms with Crippen LogP contribution in [-0.2, 0) is 6.54 Å². The summed E-state index contributed by atoms with van der Waals surface area (Å²) in [5.41, 5.74) is 1.87. The number of rotatable bonds is 9. The lowest BCUT2D eigenvalue weighted by atomic mass is 10.1. The van der Waals surface area contributed by atoms with Gasteiger partial charge in [0.25, 0.3) is 0 Å².